The van der Waals surface area contributed by atoms with Crippen molar-refractivity contribution in [1.29, 1.82) is 0 Å². The summed E-state index contributed by atoms with van der Waals surface area (Å²) in [6.07, 6.45) is -3.38. The molecule has 1 aliphatic rings. The molecule has 0 saturated heterocycles. The minimum atomic E-state index is -4.50. The molecule has 1 aromatic rings. The average Bonchev–Trinajstić information content (AvgIpc) is 2.35. The van der Waals surface area contributed by atoms with Crippen LogP contribution in [0.3, 0.4) is 0 Å². The maximum absolute atomic E-state index is 13.1. The van der Waals surface area contributed by atoms with Crippen LogP contribution in [0.1, 0.15) is 24.0 Å². The number of halogens is 3. The molecule has 0 aromatic heterocycles. The Morgan fingerprint density at radius 2 is 2.05 bits per heavy atom. The molecule has 3 nitrogen and oxygen atoms in total. The Labute approximate surface area is 126 Å². The number of hydrogen-bond donors (Lipinski definition) is 2. The van der Waals surface area contributed by atoms with E-state index in [1.54, 1.807) is 18.0 Å². The number of benzene rings is 1. The monoisotopic (exact) mass is 318 g/mol. The SMILES string of the molecule is CN(CC1CC(O)C1)c1ccc(C(N)=S)c(C(F)(F)F)c1. The van der Waals surface area contributed by atoms with Crippen LogP contribution in [0.15, 0.2) is 18.2 Å². The molecule has 116 valence electrons. The van der Waals surface area contributed by atoms with Crippen molar-refractivity contribution in [3.05, 3.63) is 29.3 Å². The molecule has 0 aliphatic heterocycles. The van der Waals surface area contributed by atoms with Crippen molar-refractivity contribution < 1.29 is 18.3 Å². The van der Waals surface area contributed by atoms with Gasteiger partial charge in [-0.05, 0) is 37.0 Å². The summed E-state index contributed by atoms with van der Waals surface area (Å²) >= 11 is 4.67. The zero-order valence-electron chi connectivity index (χ0n) is 11.5. The van der Waals surface area contributed by atoms with Gasteiger partial charge < -0.3 is 15.7 Å². The first kappa shape index (κ1) is 16.0. The molecular formula is C14H17F3N2OS. The molecule has 7 heteroatoms. The maximum atomic E-state index is 13.1. The molecular weight excluding hydrogens is 301 g/mol. The summed E-state index contributed by atoms with van der Waals surface area (Å²) in [5, 5.41) is 9.25. The predicted octanol–water partition coefficient (Wildman–Crippen LogP) is 2.55. The van der Waals surface area contributed by atoms with Gasteiger partial charge >= 0.3 is 6.18 Å². The molecule has 0 amide bonds. The summed E-state index contributed by atoms with van der Waals surface area (Å²) in [7, 11) is 1.74. The van der Waals surface area contributed by atoms with Crippen LogP contribution in [0.25, 0.3) is 0 Å². The third-order valence-corrected chi connectivity index (χ3v) is 3.98. The van der Waals surface area contributed by atoms with E-state index in [9.17, 15) is 18.3 Å². The second-order valence-corrected chi connectivity index (χ2v) is 5.90. The van der Waals surface area contributed by atoms with Gasteiger partial charge in [-0.1, -0.05) is 12.2 Å². The summed E-state index contributed by atoms with van der Waals surface area (Å²) in [6.45, 7) is 0.612. The number of anilines is 1. The number of hydrogen-bond acceptors (Lipinski definition) is 3. The second-order valence-electron chi connectivity index (χ2n) is 5.46. The minimum absolute atomic E-state index is 0.159. The summed E-state index contributed by atoms with van der Waals surface area (Å²) in [5.41, 5.74) is 4.85. The molecule has 2 rings (SSSR count). The van der Waals surface area contributed by atoms with Gasteiger partial charge in [0.15, 0.2) is 0 Å². The highest BCUT2D eigenvalue weighted by Gasteiger charge is 2.35. The Morgan fingerprint density at radius 1 is 1.43 bits per heavy atom. The van der Waals surface area contributed by atoms with Crippen molar-refractivity contribution >= 4 is 22.9 Å². The molecule has 1 aromatic carbocycles. The highest BCUT2D eigenvalue weighted by molar-refractivity contribution is 7.80. The second kappa shape index (κ2) is 5.81. The van der Waals surface area contributed by atoms with Crippen LogP contribution < -0.4 is 10.6 Å². The summed E-state index contributed by atoms with van der Waals surface area (Å²) < 4.78 is 39.2. The summed E-state index contributed by atoms with van der Waals surface area (Å²) in [6, 6.07) is 3.97. The lowest BCUT2D eigenvalue weighted by Gasteiger charge is -2.35. The molecule has 1 aliphatic carbocycles. The Morgan fingerprint density at radius 3 is 2.52 bits per heavy atom. The van der Waals surface area contributed by atoms with Gasteiger partial charge in [0.2, 0.25) is 0 Å². The highest BCUT2D eigenvalue weighted by atomic mass is 32.1. The molecule has 1 saturated carbocycles. The number of nitrogens with two attached hydrogens (primary N) is 1. The fraction of sp³-hybridized carbons (Fsp3) is 0.500. The van der Waals surface area contributed by atoms with E-state index in [-0.39, 0.29) is 16.7 Å². The lowest BCUT2D eigenvalue weighted by molar-refractivity contribution is -0.137. The first-order chi connectivity index (χ1) is 9.68. The zero-order chi connectivity index (χ0) is 15.8. The van der Waals surface area contributed by atoms with Gasteiger partial charge in [-0.25, -0.2) is 0 Å². The first-order valence-corrected chi connectivity index (χ1v) is 6.99. The molecule has 0 atom stereocenters. The van der Waals surface area contributed by atoms with Gasteiger partial charge in [0.1, 0.15) is 4.99 Å². The predicted molar refractivity (Wildman–Crippen MR) is 79.3 cm³/mol. The topological polar surface area (TPSA) is 49.5 Å². The van der Waals surface area contributed by atoms with Crippen molar-refractivity contribution in [2.75, 3.05) is 18.5 Å². The van der Waals surface area contributed by atoms with Crippen LogP contribution in [-0.2, 0) is 6.18 Å². The molecule has 21 heavy (non-hydrogen) atoms. The van der Waals surface area contributed by atoms with Crippen LogP contribution in [0.5, 0.6) is 0 Å². The van der Waals surface area contributed by atoms with Crippen molar-refractivity contribution in [3.63, 3.8) is 0 Å². The van der Waals surface area contributed by atoms with E-state index >= 15 is 0 Å². The average molecular weight is 318 g/mol. The summed E-state index contributed by atoms with van der Waals surface area (Å²) in [5.74, 6) is 0.314. The third-order valence-electron chi connectivity index (χ3n) is 3.76. The molecule has 0 spiro atoms. The molecule has 0 radical (unpaired) electrons. The van der Waals surface area contributed by atoms with Crippen molar-refractivity contribution in [2.45, 2.75) is 25.1 Å². The quantitative estimate of drug-likeness (QED) is 0.838. The smallest absolute Gasteiger partial charge is 0.393 e. The van der Waals surface area contributed by atoms with Crippen molar-refractivity contribution in [3.8, 4) is 0 Å². The van der Waals surface area contributed by atoms with E-state index in [0.717, 1.165) is 6.07 Å². The van der Waals surface area contributed by atoms with Gasteiger partial charge in [-0.3, -0.25) is 0 Å². The Balaban J connectivity index is 2.22. The number of rotatable bonds is 4. The van der Waals surface area contributed by atoms with E-state index in [1.807, 2.05) is 0 Å². The lowest BCUT2D eigenvalue weighted by Crippen LogP contribution is -2.37. The zero-order valence-corrected chi connectivity index (χ0v) is 12.3. The Bertz CT molecular complexity index is 542. The normalized spacial score (nSPS) is 21.8. The molecule has 0 unspecified atom stereocenters. The van der Waals surface area contributed by atoms with E-state index in [4.69, 9.17) is 5.73 Å². The van der Waals surface area contributed by atoms with E-state index in [1.165, 1.54) is 6.07 Å². The minimum Gasteiger partial charge on any atom is -0.393 e. The third kappa shape index (κ3) is 3.65. The molecule has 0 heterocycles. The van der Waals surface area contributed by atoms with Crippen molar-refractivity contribution in [1.82, 2.24) is 0 Å². The van der Waals surface area contributed by atoms with E-state index in [2.05, 4.69) is 12.2 Å². The molecule has 1 fully saturated rings. The molecule has 3 N–H and O–H groups in total. The fourth-order valence-electron chi connectivity index (χ4n) is 2.56. The fourth-order valence-corrected chi connectivity index (χ4v) is 2.74. The summed E-state index contributed by atoms with van der Waals surface area (Å²) in [4.78, 5) is 1.49. The van der Waals surface area contributed by atoms with E-state index in [0.29, 0.717) is 31.0 Å². The molecule has 0 bridgehead atoms. The number of aliphatic hydroxyl groups excluding tert-OH is 1. The van der Waals surface area contributed by atoms with Crippen LogP contribution in [0.2, 0.25) is 0 Å². The van der Waals surface area contributed by atoms with Gasteiger partial charge in [0, 0.05) is 24.8 Å². The Hall–Kier alpha value is -1.34. The standard InChI is InChI=1S/C14H17F3N2OS/c1-19(7-8-4-10(20)5-8)9-2-3-11(13(18)21)12(6-9)14(15,16)17/h2-3,6,8,10,20H,4-5,7H2,1H3,(H2,18,21). The van der Waals surface area contributed by atoms with Gasteiger partial charge in [-0.2, -0.15) is 13.2 Å². The maximum Gasteiger partial charge on any atom is 0.417 e. The number of alkyl halides is 3. The van der Waals surface area contributed by atoms with E-state index < -0.39 is 11.7 Å². The van der Waals surface area contributed by atoms with Crippen LogP contribution in [-0.4, -0.2) is 29.8 Å². The lowest BCUT2D eigenvalue weighted by atomic mass is 9.82. The van der Waals surface area contributed by atoms with Gasteiger partial charge in [0.05, 0.1) is 11.7 Å². The van der Waals surface area contributed by atoms with Crippen LogP contribution in [0.4, 0.5) is 18.9 Å². The van der Waals surface area contributed by atoms with Crippen molar-refractivity contribution in [2.24, 2.45) is 11.7 Å². The first-order valence-electron chi connectivity index (χ1n) is 6.58. The Kier molecular flexibility index (Phi) is 4.43. The number of thiocarbonyl (C=S) groups is 1. The van der Waals surface area contributed by atoms with Crippen LogP contribution in [0, 0.1) is 5.92 Å². The van der Waals surface area contributed by atoms with Gasteiger partial charge in [-0.15, -0.1) is 0 Å². The number of nitrogens with zero attached hydrogens (tertiary/aromatic N) is 1. The van der Waals surface area contributed by atoms with Crippen LogP contribution >= 0.6 is 12.2 Å². The highest BCUT2D eigenvalue weighted by Crippen LogP contribution is 2.35. The number of aliphatic hydroxyl groups is 1. The largest absolute Gasteiger partial charge is 0.417 e. The van der Waals surface area contributed by atoms with Gasteiger partial charge in [0.25, 0.3) is 0 Å².